The van der Waals surface area contributed by atoms with Gasteiger partial charge >= 0.3 is 0 Å². The summed E-state index contributed by atoms with van der Waals surface area (Å²) in [5.41, 5.74) is 5.40. The van der Waals surface area contributed by atoms with E-state index < -0.39 is 6.29 Å². The summed E-state index contributed by atoms with van der Waals surface area (Å²) in [5, 5.41) is 19.4. The Morgan fingerprint density at radius 3 is 2.93 bits per heavy atom. The summed E-state index contributed by atoms with van der Waals surface area (Å²) in [6.45, 7) is 0. The molecule has 2 aromatic rings. The summed E-state index contributed by atoms with van der Waals surface area (Å²) in [4.78, 5) is 17.5. The number of fused-ring (bicyclic) bond motifs is 1. The van der Waals surface area contributed by atoms with Gasteiger partial charge in [0, 0.05) is 10.9 Å². The number of nitrogens with one attached hydrogen (secondary N) is 1. The van der Waals surface area contributed by atoms with Gasteiger partial charge < -0.3 is 15.9 Å². The molecule has 0 aliphatic heterocycles. The minimum Gasteiger partial charge on any atom is -0.369 e. The molecule has 2 aromatic heterocycles. The topological polar surface area (TPSA) is 112 Å². The van der Waals surface area contributed by atoms with Crippen molar-refractivity contribution < 1.29 is 10.2 Å². The molecule has 14 heavy (non-hydrogen) atoms. The van der Waals surface area contributed by atoms with Gasteiger partial charge in [-0.2, -0.15) is 0 Å². The highest BCUT2D eigenvalue weighted by Gasteiger charge is 2.14. The van der Waals surface area contributed by atoms with Gasteiger partial charge in [-0.05, 0) is 0 Å². The molecule has 2 heterocycles. The maximum absolute atomic E-state index is 11.3. The van der Waals surface area contributed by atoms with E-state index in [-0.39, 0.29) is 22.6 Å². The van der Waals surface area contributed by atoms with Crippen molar-refractivity contribution in [3.63, 3.8) is 0 Å². The predicted molar refractivity (Wildman–Crippen MR) is 51.8 cm³/mol. The molecule has 0 aliphatic rings. The number of hydrogen-bond donors (Lipinski definition) is 4. The second kappa shape index (κ2) is 3.05. The fourth-order valence-corrected chi connectivity index (χ4v) is 2.06. The summed E-state index contributed by atoms with van der Waals surface area (Å²) >= 11 is 1.10. The molecule has 0 saturated heterocycles. The van der Waals surface area contributed by atoms with Crippen LogP contribution in [0.1, 0.15) is 11.9 Å². The third-order valence-corrected chi connectivity index (χ3v) is 2.74. The maximum Gasteiger partial charge on any atom is 0.270 e. The third kappa shape index (κ3) is 1.27. The Labute approximate surface area is 81.6 Å². The average molecular weight is 213 g/mol. The van der Waals surface area contributed by atoms with Crippen LogP contribution in [0.25, 0.3) is 10.2 Å². The Hall–Kier alpha value is -1.44. The molecule has 0 aromatic carbocycles. The third-order valence-electron chi connectivity index (χ3n) is 1.75. The first-order valence-electron chi connectivity index (χ1n) is 3.72. The van der Waals surface area contributed by atoms with E-state index in [4.69, 9.17) is 15.9 Å². The summed E-state index contributed by atoms with van der Waals surface area (Å²) in [6, 6.07) is 0. The molecule has 0 atom stereocenters. The highest BCUT2D eigenvalue weighted by atomic mass is 32.1. The second-order valence-corrected chi connectivity index (χ2v) is 3.57. The quantitative estimate of drug-likeness (QED) is 0.479. The number of rotatable bonds is 1. The van der Waals surface area contributed by atoms with Gasteiger partial charge in [0.15, 0.2) is 6.29 Å². The van der Waals surface area contributed by atoms with Crippen LogP contribution in [0.15, 0.2) is 10.2 Å². The lowest BCUT2D eigenvalue weighted by Gasteiger charge is -2.00. The van der Waals surface area contributed by atoms with Crippen LogP contribution in [0.2, 0.25) is 0 Å². The normalized spacial score (nSPS) is 11.4. The summed E-state index contributed by atoms with van der Waals surface area (Å²) in [6.07, 6.45) is -1.64. The Kier molecular flexibility index (Phi) is 1.99. The van der Waals surface area contributed by atoms with E-state index in [0.29, 0.717) is 4.70 Å². The van der Waals surface area contributed by atoms with Gasteiger partial charge in [0.25, 0.3) is 5.56 Å². The minimum atomic E-state index is -1.64. The van der Waals surface area contributed by atoms with Crippen molar-refractivity contribution >= 4 is 27.5 Å². The van der Waals surface area contributed by atoms with E-state index >= 15 is 0 Å². The van der Waals surface area contributed by atoms with E-state index in [1.807, 2.05) is 0 Å². The summed E-state index contributed by atoms with van der Waals surface area (Å²) in [5.74, 6) is -0.0391. The molecule has 0 radical (unpaired) electrons. The van der Waals surface area contributed by atoms with Crippen molar-refractivity contribution in [1.82, 2.24) is 9.97 Å². The molecule has 0 saturated carbocycles. The molecular weight excluding hydrogens is 206 g/mol. The first kappa shape index (κ1) is 9.13. The standard InChI is InChI=1S/C7H7N3O3S/c8-7-9-3-2(6(12)13)1-14-4(3)5(11)10-7/h1,6,12-13H,(H3,8,9,10,11). The number of thiophene rings is 1. The van der Waals surface area contributed by atoms with Crippen LogP contribution >= 0.6 is 11.3 Å². The van der Waals surface area contributed by atoms with Crippen LogP contribution in [0.5, 0.6) is 0 Å². The van der Waals surface area contributed by atoms with Gasteiger partial charge in [0.2, 0.25) is 5.95 Å². The molecule has 2 rings (SSSR count). The van der Waals surface area contributed by atoms with Crippen molar-refractivity contribution in [3.8, 4) is 0 Å². The molecular formula is C7H7N3O3S. The van der Waals surface area contributed by atoms with Crippen molar-refractivity contribution in [2.24, 2.45) is 0 Å². The predicted octanol–water partition coefficient (Wildman–Crippen LogP) is -0.450. The number of hydrogen-bond acceptors (Lipinski definition) is 6. The molecule has 6 nitrogen and oxygen atoms in total. The van der Waals surface area contributed by atoms with Gasteiger partial charge in [0.05, 0.1) is 5.52 Å². The van der Waals surface area contributed by atoms with Crippen LogP contribution in [0.4, 0.5) is 5.95 Å². The SMILES string of the molecule is Nc1nc2c(C(O)O)csc2c(=O)[nH]1. The van der Waals surface area contributed by atoms with E-state index in [1.54, 1.807) is 0 Å². The zero-order valence-corrected chi connectivity index (χ0v) is 7.71. The van der Waals surface area contributed by atoms with Crippen LogP contribution in [0.3, 0.4) is 0 Å². The highest BCUT2D eigenvalue weighted by molar-refractivity contribution is 7.17. The van der Waals surface area contributed by atoms with Crippen molar-refractivity contribution in [2.45, 2.75) is 6.29 Å². The van der Waals surface area contributed by atoms with E-state index in [0.717, 1.165) is 11.3 Å². The zero-order chi connectivity index (χ0) is 10.3. The van der Waals surface area contributed by atoms with Gasteiger partial charge in [0.1, 0.15) is 4.70 Å². The molecule has 0 amide bonds. The molecule has 0 spiro atoms. The first-order chi connectivity index (χ1) is 6.59. The number of aliphatic hydroxyl groups is 2. The molecule has 7 heteroatoms. The fourth-order valence-electron chi connectivity index (χ4n) is 1.15. The lowest BCUT2D eigenvalue weighted by Crippen LogP contribution is -2.10. The van der Waals surface area contributed by atoms with Crippen LogP contribution in [0, 0.1) is 0 Å². The number of nitrogens with zero attached hydrogens (tertiary/aromatic N) is 1. The lowest BCUT2D eigenvalue weighted by molar-refractivity contribution is -0.0411. The van der Waals surface area contributed by atoms with Crippen molar-refractivity contribution in [3.05, 3.63) is 21.3 Å². The van der Waals surface area contributed by atoms with Gasteiger partial charge in [-0.3, -0.25) is 9.78 Å². The number of aromatic nitrogens is 2. The smallest absolute Gasteiger partial charge is 0.270 e. The van der Waals surface area contributed by atoms with Gasteiger partial charge in [-0.1, -0.05) is 0 Å². The number of nitrogens with two attached hydrogens (primary N) is 1. The van der Waals surface area contributed by atoms with E-state index in [2.05, 4.69) is 9.97 Å². The number of anilines is 1. The molecule has 5 N–H and O–H groups in total. The van der Waals surface area contributed by atoms with Crippen LogP contribution in [-0.4, -0.2) is 20.2 Å². The highest BCUT2D eigenvalue weighted by Crippen LogP contribution is 2.25. The minimum absolute atomic E-state index is 0.0391. The lowest BCUT2D eigenvalue weighted by atomic mass is 10.3. The Morgan fingerprint density at radius 2 is 2.29 bits per heavy atom. The Balaban J connectivity index is 2.85. The monoisotopic (exact) mass is 213 g/mol. The number of aromatic amines is 1. The Bertz CT molecular complexity index is 530. The van der Waals surface area contributed by atoms with Gasteiger partial charge in [-0.25, -0.2) is 4.98 Å². The molecule has 74 valence electrons. The second-order valence-electron chi connectivity index (χ2n) is 2.69. The molecule has 0 aliphatic carbocycles. The largest absolute Gasteiger partial charge is 0.369 e. The van der Waals surface area contributed by atoms with Crippen molar-refractivity contribution in [1.29, 1.82) is 0 Å². The summed E-state index contributed by atoms with van der Waals surface area (Å²) in [7, 11) is 0. The fraction of sp³-hybridized carbons (Fsp3) is 0.143. The van der Waals surface area contributed by atoms with Crippen molar-refractivity contribution in [2.75, 3.05) is 5.73 Å². The van der Waals surface area contributed by atoms with E-state index in [9.17, 15) is 4.79 Å². The van der Waals surface area contributed by atoms with Gasteiger partial charge in [-0.15, -0.1) is 11.3 Å². The first-order valence-corrected chi connectivity index (χ1v) is 4.60. The van der Waals surface area contributed by atoms with E-state index in [1.165, 1.54) is 5.38 Å². The molecule has 0 unspecified atom stereocenters. The zero-order valence-electron chi connectivity index (χ0n) is 6.89. The van der Waals surface area contributed by atoms with Crippen LogP contribution < -0.4 is 11.3 Å². The average Bonchev–Trinajstić information content (AvgIpc) is 2.47. The molecule has 0 bridgehead atoms. The Morgan fingerprint density at radius 1 is 1.57 bits per heavy atom. The molecule has 0 fully saturated rings. The summed E-state index contributed by atoms with van der Waals surface area (Å²) < 4.78 is 0.335. The number of nitrogen functional groups attached to an aromatic ring is 1. The van der Waals surface area contributed by atoms with Crippen LogP contribution in [-0.2, 0) is 0 Å². The number of aliphatic hydroxyl groups excluding tert-OH is 1. The number of H-pyrrole nitrogens is 1. The maximum atomic E-state index is 11.3.